The summed E-state index contributed by atoms with van der Waals surface area (Å²) in [5, 5.41) is 9.78. The second-order valence-corrected chi connectivity index (χ2v) is 5.33. The summed E-state index contributed by atoms with van der Waals surface area (Å²) in [5.41, 5.74) is 1.83. The second-order valence-electron chi connectivity index (χ2n) is 4.30. The maximum absolute atomic E-state index is 10.8. The number of para-hydroxylation sites is 1. The van der Waals surface area contributed by atoms with Crippen molar-refractivity contribution in [1.82, 2.24) is 4.98 Å². The van der Waals surface area contributed by atoms with E-state index in [1.165, 1.54) is 0 Å². The second kappa shape index (κ2) is 3.67. The first kappa shape index (κ1) is 10.5. The van der Waals surface area contributed by atoms with Crippen LogP contribution in [-0.4, -0.2) is 16.1 Å². The zero-order valence-corrected chi connectivity index (χ0v) is 9.91. The molecule has 86 valence electrons. The number of carbonyl (C=O) groups is 1. The largest absolute Gasteiger partial charge is 0.481 e. The van der Waals surface area contributed by atoms with Crippen LogP contribution >= 0.6 is 11.3 Å². The summed E-state index contributed by atoms with van der Waals surface area (Å²) in [6.45, 7) is 4.00. The molecule has 1 unspecified atom stereocenters. The zero-order valence-electron chi connectivity index (χ0n) is 9.09. The molecule has 0 bridgehead atoms. The van der Waals surface area contributed by atoms with E-state index < -0.39 is 5.97 Å². The average molecular weight is 245 g/mol. The molecule has 1 aromatic carbocycles. The average Bonchev–Trinajstić information content (AvgIpc) is 3.00. The molecule has 1 saturated carbocycles. The van der Waals surface area contributed by atoms with Gasteiger partial charge in [-0.1, -0.05) is 18.7 Å². The van der Waals surface area contributed by atoms with Crippen LogP contribution in [0, 0.1) is 11.8 Å². The number of hydrogen-bond acceptors (Lipinski definition) is 3. The van der Waals surface area contributed by atoms with Gasteiger partial charge in [0.05, 0.1) is 16.1 Å². The highest BCUT2D eigenvalue weighted by Crippen LogP contribution is 2.48. The van der Waals surface area contributed by atoms with Gasteiger partial charge in [0.25, 0.3) is 0 Å². The Hall–Kier alpha value is -1.68. The first-order chi connectivity index (χ1) is 8.16. The fourth-order valence-corrected chi connectivity index (χ4v) is 3.02. The molecule has 0 radical (unpaired) electrons. The molecule has 3 rings (SSSR count). The molecule has 0 saturated heterocycles. The van der Waals surface area contributed by atoms with Crippen LogP contribution in [0.2, 0.25) is 0 Å². The molecule has 1 aliphatic rings. The summed E-state index contributed by atoms with van der Waals surface area (Å²) < 4.78 is 1.12. The van der Waals surface area contributed by atoms with Crippen LogP contribution in [0.4, 0.5) is 0 Å². The van der Waals surface area contributed by atoms with Crippen molar-refractivity contribution in [3.05, 3.63) is 35.9 Å². The third kappa shape index (κ3) is 1.74. The van der Waals surface area contributed by atoms with Gasteiger partial charge in [-0.05, 0) is 24.1 Å². The maximum Gasteiger partial charge on any atom is 0.307 e. The third-order valence-electron chi connectivity index (χ3n) is 3.12. The van der Waals surface area contributed by atoms with E-state index in [1.807, 2.05) is 24.3 Å². The number of aliphatic carboxylic acids is 1. The summed E-state index contributed by atoms with van der Waals surface area (Å²) in [4.78, 5) is 15.3. The van der Waals surface area contributed by atoms with E-state index in [4.69, 9.17) is 5.11 Å². The number of carboxylic acids is 1. The van der Waals surface area contributed by atoms with Crippen LogP contribution in [0.25, 0.3) is 15.8 Å². The van der Waals surface area contributed by atoms with Gasteiger partial charge in [0.2, 0.25) is 0 Å². The van der Waals surface area contributed by atoms with E-state index in [-0.39, 0.29) is 11.8 Å². The van der Waals surface area contributed by atoms with Crippen molar-refractivity contribution in [1.29, 1.82) is 0 Å². The highest BCUT2D eigenvalue weighted by Gasteiger charge is 2.45. The summed E-state index contributed by atoms with van der Waals surface area (Å²) >= 11 is 1.58. The van der Waals surface area contributed by atoms with Crippen molar-refractivity contribution < 1.29 is 9.90 Å². The molecule has 4 heteroatoms. The summed E-state index contributed by atoms with van der Waals surface area (Å²) in [5.74, 6) is -0.903. The van der Waals surface area contributed by atoms with E-state index >= 15 is 0 Å². The highest BCUT2D eigenvalue weighted by molar-refractivity contribution is 7.19. The van der Waals surface area contributed by atoms with Crippen molar-refractivity contribution >= 4 is 33.1 Å². The summed E-state index contributed by atoms with van der Waals surface area (Å²) in [7, 11) is 0. The molecule has 1 aromatic heterocycles. The standard InChI is InChI=1S/C13H11NO2S/c1-7(8-6-9(8)13(15)16)12-14-10-4-2-3-5-11(10)17-12/h2-5,8-9H,1,6H2,(H,15,16)/t8-,9?/m1/s1. The van der Waals surface area contributed by atoms with Gasteiger partial charge in [-0.15, -0.1) is 11.3 Å². The smallest absolute Gasteiger partial charge is 0.307 e. The lowest BCUT2D eigenvalue weighted by Gasteiger charge is -1.97. The normalized spacial score (nSPS) is 22.6. The van der Waals surface area contributed by atoms with Gasteiger partial charge in [-0.2, -0.15) is 0 Å². The first-order valence-electron chi connectivity index (χ1n) is 5.44. The molecule has 0 amide bonds. The fourth-order valence-electron chi connectivity index (χ4n) is 2.02. The van der Waals surface area contributed by atoms with Crippen molar-refractivity contribution in [2.45, 2.75) is 6.42 Å². The topological polar surface area (TPSA) is 50.2 Å². The van der Waals surface area contributed by atoms with Gasteiger partial charge >= 0.3 is 5.97 Å². The molecule has 2 aromatic rings. The van der Waals surface area contributed by atoms with Gasteiger partial charge in [0, 0.05) is 5.92 Å². The Bertz CT molecular complexity index is 584. The number of hydrogen-bond donors (Lipinski definition) is 1. The molecule has 2 atom stereocenters. The molecule has 1 fully saturated rings. The van der Waals surface area contributed by atoms with E-state index in [2.05, 4.69) is 11.6 Å². The number of fused-ring (bicyclic) bond motifs is 1. The lowest BCUT2D eigenvalue weighted by Crippen LogP contribution is -2.00. The van der Waals surface area contributed by atoms with E-state index in [0.29, 0.717) is 6.42 Å². The molecule has 17 heavy (non-hydrogen) atoms. The predicted octanol–water partition coefficient (Wildman–Crippen LogP) is 3.03. The van der Waals surface area contributed by atoms with Crippen LogP contribution in [0.1, 0.15) is 11.4 Å². The van der Waals surface area contributed by atoms with E-state index in [0.717, 1.165) is 20.8 Å². The molecular formula is C13H11NO2S. The van der Waals surface area contributed by atoms with Crippen molar-refractivity contribution in [3.8, 4) is 0 Å². The minimum Gasteiger partial charge on any atom is -0.481 e. The van der Waals surface area contributed by atoms with Gasteiger partial charge in [-0.25, -0.2) is 4.98 Å². The Balaban J connectivity index is 1.89. The van der Waals surface area contributed by atoms with Crippen LogP contribution < -0.4 is 0 Å². The molecule has 1 aliphatic carbocycles. The number of allylic oxidation sites excluding steroid dienone is 1. The Morgan fingerprint density at radius 3 is 2.82 bits per heavy atom. The quantitative estimate of drug-likeness (QED) is 0.904. The minimum absolute atomic E-state index is 0.0769. The third-order valence-corrected chi connectivity index (χ3v) is 4.24. The summed E-state index contributed by atoms with van der Waals surface area (Å²) in [6, 6.07) is 7.91. The van der Waals surface area contributed by atoms with Gasteiger partial charge in [0.15, 0.2) is 0 Å². The number of rotatable bonds is 3. The molecule has 1 heterocycles. The Kier molecular flexibility index (Phi) is 2.26. The van der Waals surface area contributed by atoms with E-state index in [9.17, 15) is 4.79 Å². The Morgan fingerprint density at radius 1 is 1.41 bits per heavy atom. The lowest BCUT2D eigenvalue weighted by atomic mass is 10.1. The van der Waals surface area contributed by atoms with Crippen molar-refractivity contribution in [2.75, 3.05) is 0 Å². The maximum atomic E-state index is 10.8. The molecule has 1 N–H and O–H groups in total. The number of carboxylic acid groups (broad SMARTS) is 1. The molecule has 3 nitrogen and oxygen atoms in total. The highest BCUT2D eigenvalue weighted by atomic mass is 32.1. The SMILES string of the molecule is C=C(c1nc2ccccc2s1)[C@H]1CC1C(=O)O. The number of nitrogens with zero attached hydrogens (tertiary/aromatic N) is 1. The lowest BCUT2D eigenvalue weighted by molar-refractivity contribution is -0.138. The van der Waals surface area contributed by atoms with Crippen LogP contribution in [0.5, 0.6) is 0 Å². The van der Waals surface area contributed by atoms with Crippen molar-refractivity contribution in [3.63, 3.8) is 0 Å². The number of benzene rings is 1. The zero-order chi connectivity index (χ0) is 12.0. The van der Waals surface area contributed by atoms with Gasteiger partial charge in [0.1, 0.15) is 5.01 Å². The molecular weight excluding hydrogens is 234 g/mol. The predicted molar refractivity (Wildman–Crippen MR) is 67.9 cm³/mol. The molecule has 0 aliphatic heterocycles. The van der Waals surface area contributed by atoms with E-state index in [1.54, 1.807) is 11.3 Å². The van der Waals surface area contributed by atoms with Crippen LogP contribution in [0.15, 0.2) is 30.8 Å². The van der Waals surface area contributed by atoms with Crippen LogP contribution in [0.3, 0.4) is 0 Å². The monoisotopic (exact) mass is 245 g/mol. The minimum atomic E-state index is -0.725. The Labute approximate surface area is 102 Å². The van der Waals surface area contributed by atoms with Crippen molar-refractivity contribution in [2.24, 2.45) is 11.8 Å². The van der Waals surface area contributed by atoms with Gasteiger partial charge in [-0.3, -0.25) is 4.79 Å². The van der Waals surface area contributed by atoms with Gasteiger partial charge < -0.3 is 5.11 Å². The first-order valence-corrected chi connectivity index (χ1v) is 6.26. The number of aromatic nitrogens is 1. The number of thiazole rings is 1. The summed E-state index contributed by atoms with van der Waals surface area (Å²) in [6.07, 6.45) is 0.699. The Morgan fingerprint density at radius 2 is 2.18 bits per heavy atom. The van der Waals surface area contributed by atoms with Crippen LogP contribution in [-0.2, 0) is 4.79 Å². The fraction of sp³-hybridized carbons (Fsp3) is 0.231. The molecule has 0 spiro atoms.